The molecule has 2 N–H and O–H groups in total. The number of hydrogen-bond donors (Lipinski definition) is 2. The summed E-state index contributed by atoms with van der Waals surface area (Å²) in [5.41, 5.74) is -0.905. The lowest BCUT2D eigenvalue weighted by molar-refractivity contribution is -0.144. The molecule has 0 saturated carbocycles. The summed E-state index contributed by atoms with van der Waals surface area (Å²) in [7, 11) is 3.85. The van der Waals surface area contributed by atoms with Crippen molar-refractivity contribution in [2.45, 2.75) is 48.7 Å². The number of nitrogens with one attached hydrogen (secondary N) is 1. The van der Waals surface area contributed by atoms with Crippen molar-refractivity contribution >= 4 is 34.2 Å². The van der Waals surface area contributed by atoms with Gasteiger partial charge in [-0.3, -0.25) is 4.79 Å². The maximum Gasteiger partial charge on any atom is 0.323 e. The highest BCUT2D eigenvalue weighted by molar-refractivity contribution is 8.01. The Bertz CT molecular complexity index is 467. The molecule has 0 spiro atoms. The molecule has 0 fully saturated rings. The predicted octanol–water partition coefficient (Wildman–Crippen LogP) is 2.32. The summed E-state index contributed by atoms with van der Waals surface area (Å²) in [6.07, 6.45) is 1.44. The second kappa shape index (κ2) is 7.95. The van der Waals surface area contributed by atoms with Gasteiger partial charge < -0.3 is 15.3 Å². The summed E-state index contributed by atoms with van der Waals surface area (Å²) < 4.78 is 0.870. The van der Waals surface area contributed by atoms with E-state index in [9.17, 15) is 9.90 Å². The summed E-state index contributed by atoms with van der Waals surface area (Å²) >= 11 is 3.09. The molecule has 0 radical (unpaired) electrons. The molecule has 0 aliphatic carbocycles. The van der Waals surface area contributed by atoms with E-state index in [1.165, 1.54) is 11.3 Å². The van der Waals surface area contributed by atoms with Gasteiger partial charge in [0.2, 0.25) is 5.13 Å². The summed E-state index contributed by atoms with van der Waals surface area (Å²) in [4.78, 5) is 13.4. The number of carboxylic acid groups (broad SMARTS) is 1. The average Bonchev–Trinajstić information content (AvgIpc) is 2.84. The maximum absolute atomic E-state index is 11.5. The van der Waals surface area contributed by atoms with E-state index >= 15 is 0 Å². The van der Waals surface area contributed by atoms with Crippen molar-refractivity contribution < 1.29 is 9.90 Å². The van der Waals surface area contributed by atoms with Crippen LogP contribution in [0.25, 0.3) is 0 Å². The van der Waals surface area contributed by atoms with Crippen molar-refractivity contribution in [3.05, 3.63) is 0 Å². The highest BCUT2D eigenvalue weighted by Gasteiger charge is 2.34. The summed E-state index contributed by atoms with van der Waals surface area (Å²) in [6.45, 7) is 6.49. The minimum absolute atomic E-state index is 0.137. The molecule has 0 amide bonds. The normalized spacial score (nSPS) is 15.5. The van der Waals surface area contributed by atoms with Crippen LogP contribution in [0.5, 0.6) is 0 Å². The largest absolute Gasteiger partial charge is 0.480 e. The third kappa shape index (κ3) is 5.44. The fraction of sp³-hybridized carbons (Fsp3) is 0.769. The van der Waals surface area contributed by atoms with Gasteiger partial charge in [0, 0.05) is 19.3 Å². The highest BCUT2D eigenvalue weighted by Crippen LogP contribution is 2.33. The quantitative estimate of drug-likeness (QED) is 0.672. The Hall–Kier alpha value is -0.860. The summed E-state index contributed by atoms with van der Waals surface area (Å²) in [5, 5.41) is 21.8. The number of anilines is 1. The highest BCUT2D eigenvalue weighted by atomic mass is 32.2. The molecule has 6 nitrogen and oxygen atoms in total. The topological polar surface area (TPSA) is 78.4 Å². The minimum Gasteiger partial charge on any atom is -0.480 e. The molecule has 120 valence electrons. The zero-order valence-corrected chi connectivity index (χ0v) is 14.8. The number of hydrogen-bond acceptors (Lipinski definition) is 7. The van der Waals surface area contributed by atoms with Gasteiger partial charge in [0.1, 0.15) is 5.54 Å². The Morgan fingerprint density at radius 3 is 2.67 bits per heavy atom. The number of carboxylic acids is 1. The van der Waals surface area contributed by atoms with Gasteiger partial charge in [-0.05, 0) is 26.3 Å². The van der Waals surface area contributed by atoms with Crippen LogP contribution in [0.4, 0.5) is 5.13 Å². The van der Waals surface area contributed by atoms with Crippen LogP contribution < -0.4 is 10.2 Å². The van der Waals surface area contributed by atoms with E-state index in [0.717, 1.165) is 15.9 Å². The Morgan fingerprint density at radius 2 is 2.19 bits per heavy atom. The number of rotatable bonds is 9. The number of aromatic nitrogens is 2. The molecule has 0 aliphatic heterocycles. The fourth-order valence-electron chi connectivity index (χ4n) is 1.86. The second-order valence-corrected chi connectivity index (χ2v) is 8.08. The molecule has 0 aliphatic rings. The SMILES string of the molecule is CCCNC(C)(CC(C)Sc1nnc(N(C)C)s1)C(=O)O. The van der Waals surface area contributed by atoms with Crippen LogP contribution in [0.2, 0.25) is 0 Å². The van der Waals surface area contributed by atoms with Crippen LogP contribution in [-0.2, 0) is 4.79 Å². The molecule has 2 atom stereocenters. The van der Waals surface area contributed by atoms with Crippen LogP contribution in [0, 0.1) is 0 Å². The Labute approximate surface area is 134 Å². The van der Waals surface area contributed by atoms with E-state index in [4.69, 9.17) is 0 Å². The van der Waals surface area contributed by atoms with Crippen LogP contribution in [0.15, 0.2) is 4.34 Å². The average molecular weight is 332 g/mol. The molecular weight excluding hydrogens is 308 g/mol. The predicted molar refractivity (Wildman–Crippen MR) is 88.5 cm³/mol. The molecule has 1 rings (SSSR count). The number of thioether (sulfide) groups is 1. The Balaban J connectivity index is 2.64. The third-order valence-electron chi connectivity index (χ3n) is 3.01. The standard InChI is InChI=1S/C13H24N4O2S2/c1-6-7-14-13(3,10(18)19)8-9(2)20-12-16-15-11(21-12)17(4)5/h9,14H,6-8H2,1-5H3,(H,18,19). The lowest BCUT2D eigenvalue weighted by Gasteiger charge is -2.28. The first-order valence-electron chi connectivity index (χ1n) is 6.94. The fourth-order valence-corrected chi connectivity index (χ4v) is 4.12. The maximum atomic E-state index is 11.5. The lowest BCUT2D eigenvalue weighted by Crippen LogP contribution is -2.51. The Morgan fingerprint density at radius 1 is 1.52 bits per heavy atom. The summed E-state index contributed by atoms with van der Waals surface area (Å²) in [6, 6.07) is 0. The molecule has 1 heterocycles. The van der Waals surface area contributed by atoms with E-state index in [0.29, 0.717) is 13.0 Å². The molecular formula is C13H24N4O2S2. The molecule has 0 aromatic carbocycles. The zero-order valence-electron chi connectivity index (χ0n) is 13.2. The van der Waals surface area contributed by atoms with Crippen molar-refractivity contribution in [1.82, 2.24) is 15.5 Å². The molecule has 8 heteroatoms. The number of carbonyl (C=O) groups is 1. The molecule has 2 unspecified atom stereocenters. The van der Waals surface area contributed by atoms with Crippen molar-refractivity contribution in [1.29, 1.82) is 0 Å². The first-order chi connectivity index (χ1) is 9.78. The van der Waals surface area contributed by atoms with E-state index in [1.807, 2.05) is 32.8 Å². The van der Waals surface area contributed by atoms with Crippen molar-refractivity contribution in [3.63, 3.8) is 0 Å². The number of nitrogens with zero attached hydrogens (tertiary/aromatic N) is 3. The van der Waals surface area contributed by atoms with Gasteiger partial charge in [-0.1, -0.05) is 36.9 Å². The summed E-state index contributed by atoms with van der Waals surface area (Å²) in [5.74, 6) is -0.811. The smallest absolute Gasteiger partial charge is 0.323 e. The molecule has 21 heavy (non-hydrogen) atoms. The molecule has 0 saturated heterocycles. The van der Waals surface area contributed by atoms with Crippen LogP contribution in [0.3, 0.4) is 0 Å². The molecule has 1 aromatic heterocycles. The van der Waals surface area contributed by atoms with Gasteiger partial charge >= 0.3 is 5.97 Å². The van der Waals surface area contributed by atoms with Crippen molar-refractivity contribution in [2.24, 2.45) is 0 Å². The minimum atomic E-state index is -0.905. The zero-order chi connectivity index (χ0) is 16.0. The van der Waals surface area contributed by atoms with Gasteiger partial charge in [0.05, 0.1) is 0 Å². The van der Waals surface area contributed by atoms with Gasteiger partial charge in [0.15, 0.2) is 4.34 Å². The van der Waals surface area contributed by atoms with E-state index in [2.05, 4.69) is 15.5 Å². The van der Waals surface area contributed by atoms with E-state index < -0.39 is 11.5 Å². The van der Waals surface area contributed by atoms with Crippen LogP contribution >= 0.6 is 23.1 Å². The third-order valence-corrected chi connectivity index (χ3v) is 5.29. The monoisotopic (exact) mass is 332 g/mol. The first-order valence-corrected chi connectivity index (χ1v) is 8.64. The number of aliphatic carboxylic acids is 1. The van der Waals surface area contributed by atoms with Crippen molar-refractivity contribution in [3.8, 4) is 0 Å². The van der Waals surface area contributed by atoms with Gasteiger partial charge in [-0.15, -0.1) is 10.2 Å². The molecule has 1 aromatic rings. The lowest BCUT2D eigenvalue weighted by atomic mass is 9.96. The van der Waals surface area contributed by atoms with Gasteiger partial charge in [-0.2, -0.15) is 0 Å². The molecule has 0 bridgehead atoms. The van der Waals surface area contributed by atoms with Gasteiger partial charge in [0.25, 0.3) is 0 Å². The van der Waals surface area contributed by atoms with Gasteiger partial charge in [-0.25, -0.2) is 0 Å². The van der Waals surface area contributed by atoms with Crippen molar-refractivity contribution in [2.75, 3.05) is 25.5 Å². The van der Waals surface area contributed by atoms with Crippen LogP contribution in [-0.4, -0.2) is 52.7 Å². The van der Waals surface area contributed by atoms with E-state index in [1.54, 1.807) is 18.7 Å². The Kier molecular flexibility index (Phi) is 6.89. The second-order valence-electron chi connectivity index (χ2n) is 5.44. The first kappa shape index (κ1) is 18.2. The van der Waals surface area contributed by atoms with E-state index in [-0.39, 0.29) is 5.25 Å². The van der Waals surface area contributed by atoms with Crippen LogP contribution in [0.1, 0.15) is 33.6 Å².